The van der Waals surface area contributed by atoms with Crippen LogP contribution >= 0.6 is 0 Å². The molecule has 1 rings (SSSR count). The van der Waals surface area contributed by atoms with E-state index in [1.807, 2.05) is 12.1 Å². The molecule has 6 nitrogen and oxygen atoms in total. The van der Waals surface area contributed by atoms with Crippen LogP contribution in [0.5, 0.6) is 5.75 Å². The molecule has 0 aliphatic carbocycles. The summed E-state index contributed by atoms with van der Waals surface area (Å²) in [5, 5.41) is 10.9. The SMILES string of the molecule is COc1ccc(CNC(=O)COCC(=O)O)cc1. The fourth-order valence-corrected chi connectivity index (χ4v) is 1.23. The number of carbonyl (C=O) groups is 2. The third kappa shape index (κ3) is 5.31. The molecule has 0 unspecified atom stereocenters. The zero-order chi connectivity index (χ0) is 13.4. The van der Waals surface area contributed by atoms with E-state index in [2.05, 4.69) is 10.1 Å². The van der Waals surface area contributed by atoms with E-state index in [0.717, 1.165) is 11.3 Å². The molecule has 0 spiro atoms. The third-order valence-electron chi connectivity index (χ3n) is 2.11. The van der Waals surface area contributed by atoms with Gasteiger partial charge >= 0.3 is 5.97 Å². The van der Waals surface area contributed by atoms with Crippen molar-refractivity contribution in [2.24, 2.45) is 0 Å². The van der Waals surface area contributed by atoms with Gasteiger partial charge in [0.25, 0.3) is 0 Å². The maximum Gasteiger partial charge on any atom is 0.329 e. The van der Waals surface area contributed by atoms with Crippen molar-refractivity contribution in [1.29, 1.82) is 0 Å². The van der Waals surface area contributed by atoms with Crippen molar-refractivity contribution >= 4 is 11.9 Å². The normalized spacial score (nSPS) is 9.83. The summed E-state index contributed by atoms with van der Waals surface area (Å²) in [4.78, 5) is 21.4. The number of rotatable bonds is 7. The maximum atomic E-state index is 11.3. The third-order valence-corrected chi connectivity index (χ3v) is 2.11. The lowest BCUT2D eigenvalue weighted by Crippen LogP contribution is -2.28. The van der Waals surface area contributed by atoms with Crippen LogP contribution in [0.15, 0.2) is 24.3 Å². The average Bonchev–Trinajstić information content (AvgIpc) is 2.36. The number of hydrogen-bond acceptors (Lipinski definition) is 4. The van der Waals surface area contributed by atoms with Gasteiger partial charge in [-0.1, -0.05) is 12.1 Å². The van der Waals surface area contributed by atoms with E-state index >= 15 is 0 Å². The Bertz CT molecular complexity index is 401. The lowest BCUT2D eigenvalue weighted by atomic mass is 10.2. The first-order chi connectivity index (χ1) is 8.61. The van der Waals surface area contributed by atoms with Crippen molar-refractivity contribution in [1.82, 2.24) is 5.32 Å². The first-order valence-corrected chi connectivity index (χ1v) is 5.31. The van der Waals surface area contributed by atoms with Crippen LogP contribution in [-0.2, 0) is 20.9 Å². The Morgan fingerprint density at radius 3 is 2.44 bits per heavy atom. The Kier molecular flexibility index (Phi) is 5.66. The van der Waals surface area contributed by atoms with E-state index in [9.17, 15) is 9.59 Å². The molecule has 0 radical (unpaired) electrons. The minimum atomic E-state index is -1.10. The Balaban J connectivity index is 2.26. The molecule has 0 aliphatic heterocycles. The standard InChI is InChI=1S/C12H15NO5/c1-17-10-4-2-9(3-5-10)6-13-11(14)7-18-8-12(15)16/h2-5H,6-8H2,1H3,(H,13,14)(H,15,16). The molecule has 18 heavy (non-hydrogen) atoms. The Hall–Kier alpha value is -2.08. The summed E-state index contributed by atoms with van der Waals surface area (Å²) in [7, 11) is 1.58. The molecule has 1 aromatic rings. The van der Waals surface area contributed by atoms with E-state index < -0.39 is 12.6 Å². The van der Waals surface area contributed by atoms with Crippen LogP contribution in [0.2, 0.25) is 0 Å². The molecular weight excluding hydrogens is 238 g/mol. The van der Waals surface area contributed by atoms with Gasteiger partial charge in [0.1, 0.15) is 19.0 Å². The van der Waals surface area contributed by atoms with Gasteiger partial charge < -0.3 is 19.9 Å². The molecule has 1 amide bonds. The highest BCUT2D eigenvalue weighted by Gasteiger charge is 2.03. The van der Waals surface area contributed by atoms with Gasteiger partial charge in [-0.3, -0.25) is 4.79 Å². The van der Waals surface area contributed by atoms with Crippen molar-refractivity contribution in [3.63, 3.8) is 0 Å². The van der Waals surface area contributed by atoms with Gasteiger partial charge in [0.2, 0.25) is 5.91 Å². The van der Waals surface area contributed by atoms with Crippen LogP contribution in [0.4, 0.5) is 0 Å². The number of carbonyl (C=O) groups excluding carboxylic acids is 1. The summed E-state index contributed by atoms with van der Waals surface area (Å²) in [6, 6.07) is 7.25. The van der Waals surface area contributed by atoms with Crippen LogP contribution < -0.4 is 10.1 Å². The smallest absolute Gasteiger partial charge is 0.329 e. The van der Waals surface area contributed by atoms with Crippen LogP contribution in [-0.4, -0.2) is 37.3 Å². The molecule has 2 N–H and O–H groups in total. The second-order valence-electron chi connectivity index (χ2n) is 3.51. The molecule has 0 heterocycles. The summed E-state index contributed by atoms with van der Waals surface area (Å²) in [6.45, 7) is -0.377. The number of amides is 1. The quantitative estimate of drug-likeness (QED) is 0.735. The fourth-order valence-electron chi connectivity index (χ4n) is 1.23. The molecule has 0 saturated heterocycles. The van der Waals surface area contributed by atoms with E-state index in [4.69, 9.17) is 9.84 Å². The summed E-state index contributed by atoms with van der Waals surface area (Å²) in [5.74, 6) is -0.708. The Morgan fingerprint density at radius 1 is 1.22 bits per heavy atom. The lowest BCUT2D eigenvalue weighted by Gasteiger charge is -2.06. The highest BCUT2D eigenvalue weighted by atomic mass is 16.5. The number of aliphatic carboxylic acids is 1. The first kappa shape index (κ1) is 14.0. The van der Waals surface area contributed by atoms with Crippen molar-refractivity contribution in [2.45, 2.75) is 6.54 Å². The monoisotopic (exact) mass is 253 g/mol. The van der Waals surface area contributed by atoms with Crippen molar-refractivity contribution in [2.75, 3.05) is 20.3 Å². The van der Waals surface area contributed by atoms with Crippen LogP contribution in [0.1, 0.15) is 5.56 Å². The molecule has 1 aromatic carbocycles. The van der Waals surface area contributed by atoms with Crippen molar-refractivity contribution in [3.05, 3.63) is 29.8 Å². The van der Waals surface area contributed by atoms with E-state index in [1.165, 1.54) is 0 Å². The van der Waals surface area contributed by atoms with Gasteiger partial charge in [-0.15, -0.1) is 0 Å². The number of carboxylic acid groups (broad SMARTS) is 1. The average molecular weight is 253 g/mol. The molecule has 98 valence electrons. The molecule has 6 heteroatoms. The second-order valence-corrected chi connectivity index (χ2v) is 3.51. The number of hydrogen-bond donors (Lipinski definition) is 2. The molecule has 0 bridgehead atoms. The summed E-state index contributed by atoms with van der Waals surface area (Å²) >= 11 is 0. The lowest BCUT2D eigenvalue weighted by molar-refractivity contribution is -0.143. The highest BCUT2D eigenvalue weighted by molar-refractivity contribution is 5.77. The van der Waals surface area contributed by atoms with Crippen LogP contribution in [0.3, 0.4) is 0 Å². The topological polar surface area (TPSA) is 84.9 Å². The van der Waals surface area contributed by atoms with Crippen molar-refractivity contribution in [3.8, 4) is 5.75 Å². The van der Waals surface area contributed by atoms with Gasteiger partial charge in [0.15, 0.2) is 0 Å². The number of carboxylic acids is 1. The zero-order valence-electron chi connectivity index (χ0n) is 10.0. The number of ether oxygens (including phenoxy) is 2. The molecule has 0 aromatic heterocycles. The first-order valence-electron chi connectivity index (χ1n) is 5.31. The largest absolute Gasteiger partial charge is 0.497 e. The Labute approximate surface area is 105 Å². The molecule has 0 atom stereocenters. The molecule has 0 aliphatic rings. The predicted octanol–water partition coefficient (Wildman–Crippen LogP) is 0.413. The zero-order valence-corrected chi connectivity index (χ0v) is 10.0. The van der Waals surface area contributed by atoms with E-state index in [0.29, 0.717) is 6.54 Å². The van der Waals surface area contributed by atoms with Crippen molar-refractivity contribution < 1.29 is 24.2 Å². The predicted molar refractivity (Wildman–Crippen MR) is 63.3 cm³/mol. The van der Waals surface area contributed by atoms with Gasteiger partial charge in [-0.05, 0) is 17.7 Å². The van der Waals surface area contributed by atoms with Crippen LogP contribution in [0.25, 0.3) is 0 Å². The highest BCUT2D eigenvalue weighted by Crippen LogP contribution is 2.10. The second kappa shape index (κ2) is 7.29. The number of methoxy groups -OCH3 is 1. The molecular formula is C12H15NO5. The van der Waals surface area contributed by atoms with Gasteiger partial charge in [0.05, 0.1) is 7.11 Å². The fraction of sp³-hybridized carbons (Fsp3) is 0.333. The maximum absolute atomic E-state index is 11.3. The van der Waals surface area contributed by atoms with Crippen LogP contribution in [0, 0.1) is 0 Å². The van der Waals surface area contributed by atoms with E-state index in [-0.39, 0.29) is 12.5 Å². The minimum Gasteiger partial charge on any atom is -0.497 e. The summed E-state index contributed by atoms with van der Waals surface area (Å²) in [6.07, 6.45) is 0. The number of benzene rings is 1. The molecule has 0 saturated carbocycles. The summed E-state index contributed by atoms with van der Waals surface area (Å²) < 4.78 is 9.66. The Morgan fingerprint density at radius 2 is 1.89 bits per heavy atom. The number of nitrogens with one attached hydrogen (secondary N) is 1. The molecule has 0 fully saturated rings. The van der Waals surface area contributed by atoms with Gasteiger partial charge in [-0.2, -0.15) is 0 Å². The van der Waals surface area contributed by atoms with Gasteiger partial charge in [0, 0.05) is 6.54 Å². The van der Waals surface area contributed by atoms with E-state index in [1.54, 1.807) is 19.2 Å². The van der Waals surface area contributed by atoms with Gasteiger partial charge in [-0.25, -0.2) is 4.79 Å². The minimum absolute atomic E-state index is 0.261. The summed E-state index contributed by atoms with van der Waals surface area (Å²) in [5.41, 5.74) is 0.919.